The van der Waals surface area contributed by atoms with Gasteiger partial charge >= 0.3 is 5.97 Å². The molecule has 31 heavy (non-hydrogen) atoms. The summed E-state index contributed by atoms with van der Waals surface area (Å²) in [5.74, 6) is 0.137. The zero-order valence-corrected chi connectivity index (χ0v) is 17.9. The molecule has 0 aliphatic rings. The maximum absolute atomic E-state index is 12.5. The highest BCUT2D eigenvalue weighted by Crippen LogP contribution is 2.29. The molecular formula is C24H26N2O5. The topological polar surface area (TPSA) is 97.7 Å². The number of anilines is 1. The molecule has 7 nitrogen and oxygen atoms in total. The quantitative estimate of drug-likeness (QED) is 0.260. The van der Waals surface area contributed by atoms with Crippen LogP contribution in [0, 0.1) is 11.3 Å². The van der Waals surface area contributed by atoms with Crippen LogP contribution in [0.5, 0.6) is 11.5 Å². The van der Waals surface area contributed by atoms with Crippen LogP contribution in [-0.4, -0.2) is 32.2 Å². The maximum atomic E-state index is 12.5. The SMILES string of the molecule is CCCCOc1ccc(/C=C(\C#N)C(=O)Nc2ccc(C(=O)OCC)cc2)cc1OC. The van der Waals surface area contributed by atoms with Gasteiger partial charge in [-0.05, 0) is 61.4 Å². The number of nitrogens with one attached hydrogen (secondary N) is 1. The first-order valence-corrected chi connectivity index (χ1v) is 10.0. The molecule has 0 atom stereocenters. The summed E-state index contributed by atoms with van der Waals surface area (Å²) in [7, 11) is 1.54. The molecular weight excluding hydrogens is 396 g/mol. The minimum absolute atomic E-state index is 0.0730. The van der Waals surface area contributed by atoms with Crippen molar-refractivity contribution >= 4 is 23.6 Å². The lowest BCUT2D eigenvalue weighted by atomic mass is 10.1. The summed E-state index contributed by atoms with van der Waals surface area (Å²) in [6.45, 7) is 4.68. The first kappa shape index (κ1) is 23.5. The van der Waals surface area contributed by atoms with Gasteiger partial charge in [0, 0.05) is 5.69 Å². The molecule has 0 spiro atoms. The number of carbonyl (C=O) groups excluding carboxylic acids is 2. The van der Waals surface area contributed by atoms with E-state index in [4.69, 9.17) is 14.2 Å². The second-order valence-corrected chi connectivity index (χ2v) is 6.53. The summed E-state index contributed by atoms with van der Waals surface area (Å²) in [4.78, 5) is 24.2. The van der Waals surface area contributed by atoms with Crippen LogP contribution >= 0.6 is 0 Å². The van der Waals surface area contributed by atoms with Gasteiger partial charge < -0.3 is 19.5 Å². The van der Waals surface area contributed by atoms with Gasteiger partial charge in [-0.2, -0.15) is 5.26 Å². The molecule has 0 aliphatic carbocycles. The van der Waals surface area contributed by atoms with E-state index in [9.17, 15) is 14.9 Å². The first-order valence-electron chi connectivity index (χ1n) is 10.0. The van der Waals surface area contributed by atoms with E-state index in [1.54, 1.807) is 49.4 Å². The van der Waals surface area contributed by atoms with Crippen LogP contribution in [0.3, 0.4) is 0 Å². The van der Waals surface area contributed by atoms with Gasteiger partial charge in [0.25, 0.3) is 5.91 Å². The molecule has 0 unspecified atom stereocenters. The van der Waals surface area contributed by atoms with Gasteiger partial charge in [-0.3, -0.25) is 4.79 Å². The standard InChI is InChI=1S/C24H26N2O5/c1-4-6-13-31-21-12-7-17(15-22(21)29-3)14-19(16-25)23(27)26-20-10-8-18(9-11-20)24(28)30-5-2/h7-12,14-15H,4-6,13H2,1-3H3,(H,26,27)/b19-14+. The lowest BCUT2D eigenvalue weighted by molar-refractivity contribution is -0.112. The third kappa shape index (κ3) is 6.89. The van der Waals surface area contributed by atoms with Crippen LogP contribution in [0.4, 0.5) is 5.69 Å². The minimum atomic E-state index is -0.561. The highest BCUT2D eigenvalue weighted by atomic mass is 16.5. The summed E-state index contributed by atoms with van der Waals surface area (Å²) < 4.78 is 16.0. The normalized spacial score (nSPS) is 10.7. The Bertz CT molecular complexity index is 974. The predicted octanol–water partition coefficient (Wildman–Crippen LogP) is 4.60. The first-order chi connectivity index (χ1) is 15.0. The molecule has 0 fully saturated rings. The van der Waals surface area contributed by atoms with Gasteiger partial charge in [0.2, 0.25) is 0 Å². The Morgan fingerprint density at radius 3 is 2.45 bits per heavy atom. The van der Waals surface area contributed by atoms with Crippen molar-refractivity contribution in [3.63, 3.8) is 0 Å². The Morgan fingerprint density at radius 1 is 1.10 bits per heavy atom. The fourth-order valence-electron chi connectivity index (χ4n) is 2.64. The van der Waals surface area contributed by atoms with Gasteiger partial charge in [-0.15, -0.1) is 0 Å². The Kier molecular flexibility index (Phi) is 9.12. The highest BCUT2D eigenvalue weighted by Gasteiger charge is 2.12. The van der Waals surface area contributed by atoms with Crippen LogP contribution in [0.1, 0.15) is 42.6 Å². The van der Waals surface area contributed by atoms with Gasteiger partial charge in [0.05, 0.1) is 25.9 Å². The zero-order valence-electron chi connectivity index (χ0n) is 17.9. The zero-order chi connectivity index (χ0) is 22.6. The van der Waals surface area contributed by atoms with E-state index in [-0.39, 0.29) is 12.2 Å². The van der Waals surface area contributed by atoms with Crippen molar-refractivity contribution in [3.05, 3.63) is 59.2 Å². The van der Waals surface area contributed by atoms with Crippen molar-refractivity contribution in [2.24, 2.45) is 0 Å². The van der Waals surface area contributed by atoms with E-state index in [1.807, 2.05) is 6.07 Å². The number of nitriles is 1. The van der Waals surface area contributed by atoms with E-state index < -0.39 is 11.9 Å². The van der Waals surface area contributed by atoms with Crippen LogP contribution in [0.15, 0.2) is 48.0 Å². The lowest BCUT2D eigenvalue weighted by Crippen LogP contribution is -2.13. The monoisotopic (exact) mass is 422 g/mol. The Hall–Kier alpha value is -3.79. The number of carbonyl (C=O) groups is 2. The van der Waals surface area contributed by atoms with Crippen molar-refractivity contribution in [1.82, 2.24) is 0 Å². The van der Waals surface area contributed by atoms with Crippen molar-refractivity contribution in [1.29, 1.82) is 5.26 Å². The van der Waals surface area contributed by atoms with Crippen LogP contribution in [0.25, 0.3) is 6.08 Å². The molecule has 2 aromatic rings. The number of nitrogens with zero attached hydrogens (tertiary/aromatic N) is 1. The molecule has 0 aromatic heterocycles. The average Bonchev–Trinajstić information content (AvgIpc) is 2.78. The summed E-state index contributed by atoms with van der Waals surface area (Å²) in [5.41, 5.74) is 1.39. The molecule has 1 N–H and O–H groups in total. The molecule has 0 saturated heterocycles. The number of hydrogen-bond donors (Lipinski definition) is 1. The number of ether oxygens (including phenoxy) is 3. The van der Waals surface area contributed by atoms with Crippen molar-refractivity contribution in [3.8, 4) is 17.6 Å². The minimum Gasteiger partial charge on any atom is -0.493 e. The lowest BCUT2D eigenvalue weighted by Gasteiger charge is -2.11. The molecule has 0 saturated carbocycles. The fraction of sp³-hybridized carbons (Fsp3) is 0.292. The summed E-state index contributed by atoms with van der Waals surface area (Å²) in [6.07, 6.45) is 3.43. The molecule has 0 heterocycles. The smallest absolute Gasteiger partial charge is 0.338 e. The molecule has 2 rings (SSSR count). The van der Waals surface area contributed by atoms with Crippen LogP contribution in [-0.2, 0) is 9.53 Å². The van der Waals surface area contributed by atoms with E-state index >= 15 is 0 Å². The number of benzene rings is 2. The number of esters is 1. The highest BCUT2D eigenvalue weighted by molar-refractivity contribution is 6.09. The van der Waals surface area contributed by atoms with Crippen LogP contribution in [0.2, 0.25) is 0 Å². The van der Waals surface area contributed by atoms with Crippen molar-refractivity contribution in [2.75, 3.05) is 25.6 Å². The summed E-state index contributed by atoms with van der Waals surface area (Å²) in [5, 5.41) is 12.1. The summed E-state index contributed by atoms with van der Waals surface area (Å²) >= 11 is 0. The van der Waals surface area contributed by atoms with Gasteiger partial charge in [-0.25, -0.2) is 4.79 Å². The maximum Gasteiger partial charge on any atom is 0.338 e. The predicted molar refractivity (Wildman–Crippen MR) is 118 cm³/mol. The van der Waals surface area contributed by atoms with E-state index in [1.165, 1.54) is 13.2 Å². The van der Waals surface area contributed by atoms with E-state index in [2.05, 4.69) is 12.2 Å². The number of rotatable bonds is 10. The molecule has 7 heteroatoms. The molecule has 162 valence electrons. The molecule has 1 amide bonds. The van der Waals surface area contributed by atoms with Crippen molar-refractivity contribution in [2.45, 2.75) is 26.7 Å². The van der Waals surface area contributed by atoms with E-state index in [0.717, 1.165) is 12.8 Å². The largest absolute Gasteiger partial charge is 0.493 e. The second-order valence-electron chi connectivity index (χ2n) is 6.53. The third-order valence-electron chi connectivity index (χ3n) is 4.27. The Balaban J connectivity index is 2.13. The summed E-state index contributed by atoms with van der Waals surface area (Å²) in [6, 6.07) is 13.4. The number of methoxy groups -OCH3 is 1. The average molecular weight is 422 g/mol. The number of unbranched alkanes of at least 4 members (excludes halogenated alkanes) is 1. The number of amides is 1. The van der Waals surface area contributed by atoms with E-state index in [0.29, 0.717) is 34.9 Å². The molecule has 0 radical (unpaired) electrons. The Labute approximate surface area is 182 Å². The second kappa shape index (κ2) is 12.0. The van der Waals surface area contributed by atoms with Gasteiger partial charge in [-0.1, -0.05) is 19.4 Å². The Morgan fingerprint density at radius 2 is 1.84 bits per heavy atom. The van der Waals surface area contributed by atoms with Gasteiger partial charge in [0.1, 0.15) is 11.6 Å². The molecule has 0 aliphatic heterocycles. The van der Waals surface area contributed by atoms with Crippen LogP contribution < -0.4 is 14.8 Å². The molecule has 0 bridgehead atoms. The van der Waals surface area contributed by atoms with Gasteiger partial charge in [0.15, 0.2) is 11.5 Å². The van der Waals surface area contributed by atoms with Crippen molar-refractivity contribution < 1.29 is 23.8 Å². The fourth-order valence-corrected chi connectivity index (χ4v) is 2.64. The molecule has 2 aromatic carbocycles. The third-order valence-corrected chi connectivity index (χ3v) is 4.27. The number of hydrogen-bond acceptors (Lipinski definition) is 6.